The van der Waals surface area contributed by atoms with Gasteiger partial charge in [-0.15, -0.1) is 0 Å². The Balaban J connectivity index is 2.12. The van der Waals surface area contributed by atoms with Gasteiger partial charge < -0.3 is 15.2 Å². The molecule has 0 atom stereocenters. The highest BCUT2D eigenvalue weighted by molar-refractivity contribution is 6.28. The van der Waals surface area contributed by atoms with Gasteiger partial charge >= 0.3 is 0 Å². The maximum Gasteiger partial charge on any atom is 0.231 e. The van der Waals surface area contributed by atoms with Gasteiger partial charge in [0.1, 0.15) is 0 Å². The molecule has 0 bridgehead atoms. The molecule has 0 saturated carbocycles. The van der Waals surface area contributed by atoms with E-state index in [0.29, 0.717) is 18.4 Å². The first-order valence-corrected chi connectivity index (χ1v) is 6.48. The third kappa shape index (κ3) is 3.54. The molecule has 8 heteroatoms. The highest BCUT2D eigenvalue weighted by atomic mass is 35.5. The van der Waals surface area contributed by atoms with Crippen molar-refractivity contribution in [1.82, 2.24) is 24.9 Å². The Morgan fingerprint density at radius 1 is 1.26 bits per heavy atom. The summed E-state index contributed by atoms with van der Waals surface area (Å²) in [5, 5.41) is 3.27. The predicted molar refractivity (Wildman–Crippen MR) is 74.3 cm³/mol. The summed E-state index contributed by atoms with van der Waals surface area (Å²) in [5.41, 5.74) is 0.945. The molecule has 2 rings (SSSR count). The van der Waals surface area contributed by atoms with E-state index in [-0.39, 0.29) is 5.28 Å². The zero-order chi connectivity index (χ0) is 13.7. The van der Waals surface area contributed by atoms with Gasteiger partial charge in [0.2, 0.25) is 17.2 Å². The monoisotopic (exact) mass is 281 g/mol. The Hall–Kier alpha value is -1.89. The van der Waals surface area contributed by atoms with Gasteiger partial charge in [-0.2, -0.15) is 15.0 Å². The van der Waals surface area contributed by atoms with Crippen molar-refractivity contribution in [1.29, 1.82) is 0 Å². The van der Waals surface area contributed by atoms with E-state index in [1.807, 2.05) is 18.7 Å². The van der Waals surface area contributed by atoms with Crippen LogP contribution < -0.4 is 10.2 Å². The third-order valence-corrected chi connectivity index (χ3v) is 2.80. The van der Waals surface area contributed by atoms with Crippen LogP contribution in [0.15, 0.2) is 12.5 Å². The minimum absolute atomic E-state index is 0.184. The number of hydrogen-bond donors (Lipinski definition) is 2. The van der Waals surface area contributed by atoms with Crippen LogP contribution in [0.4, 0.5) is 11.9 Å². The Morgan fingerprint density at radius 3 is 2.68 bits per heavy atom. The van der Waals surface area contributed by atoms with Crippen LogP contribution in [0.2, 0.25) is 5.28 Å². The van der Waals surface area contributed by atoms with E-state index in [1.165, 1.54) is 0 Å². The number of nitrogens with one attached hydrogen (secondary N) is 2. The fourth-order valence-corrected chi connectivity index (χ4v) is 1.78. The van der Waals surface area contributed by atoms with E-state index in [9.17, 15) is 0 Å². The molecule has 2 aromatic heterocycles. The molecule has 19 heavy (non-hydrogen) atoms. The van der Waals surface area contributed by atoms with Crippen molar-refractivity contribution in [2.24, 2.45) is 0 Å². The quantitative estimate of drug-likeness (QED) is 0.839. The topological polar surface area (TPSA) is 82.6 Å². The van der Waals surface area contributed by atoms with E-state index in [2.05, 4.69) is 30.2 Å². The molecule has 0 aliphatic heterocycles. The second kappa shape index (κ2) is 6.33. The number of imidazole rings is 1. The molecule has 0 aliphatic carbocycles. The van der Waals surface area contributed by atoms with Gasteiger partial charge in [-0.25, -0.2) is 4.98 Å². The van der Waals surface area contributed by atoms with Gasteiger partial charge in [0.15, 0.2) is 0 Å². The van der Waals surface area contributed by atoms with Crippen molar-refractivity contribution in [3.8, 4) is 0 Å². The fraction of sp³-hybridized carbons (Fsp3) is 0.455. The van der Waals surface area contributed by atoms with Crippen LogP contribution >= 0.6 is 11.6 Å². The van der Waals surface area contributed by atoms with E-state index >= 15 is 0 Å². The summed E-state index contributed by atoms with van der Waals surface area (Å²) in [4.78, 5) is 21.5. The highest BCUT2D eigenvalue weighted by Crippen LogP contribution is 2.13. The van der Waals surface area contributed by atoms with Crippen molar-refractivity contribution in [2.75, 3.05) is 23.3 Å². The van der Waals surface area contributed by atoms with Crippen LogP contribution in [0.5, 0.6) is 0 Å². The van der Waals surface area contributed by atoms with Gasteiger partial charge in [-0.05, 0) is 25.4 Å². The molecule has 2 aromatic rings. The molecule has 0 aliphatic rings. The first-order chi connectivity index (χ1) is 9.22. The molecule has 0 radical (unpaired) electrons. The molecule has 0 saturated heterocycles. The van der Waals surface area contributed by atoms with E-state index < -0.39 is 0 Å². The molecular weight excluding hydrogens is 266 g/mol. The third-order valence-electron chi connectivity index (χ3n) is 2.63. The Kier molecular flexibility index (Phi) is 4.51. The molecule has 102 valence electrons. The fourth-order valence-electron chi connectivity index (χ4n) is 1.62. The van der Waals surface area contributed by atoms with Gasteiger partial charge in [0.05, 0.1) is 18.6 Å². The Bertz CT molecular complexity index is 510. The van der Waals surface area contributed by atoms with Gasteiger partial charge in [0.25, 0.3) is 0 Å². The summed E-state index contributed by atoms with van der Waals surface area (Å²) >= 11 is 5.92. The largest absolute Gasteiger partial charge is 0.348 e. The Labute approximate surface area is 116 Å². The van der Waals surface area contributed by atoms with Gasteiger partial charge in [-0.1, -0.05) is 0 Å². The molecule has 0 spiro atoms. The number of hydrogen-bond acceptors (Lipinski definition) is 6. The Morgan fingerprint density at radius 2 is 2.05 bits per heavy atom. The number of aromatic amines is 1. The lowest BCUT2D eigenvalue weighted by atomic mass is 10.5. The molecule has 0 fully saturated rings. The number of aromatic nitrogens is 5. The average molecular weight is 282 g/mol. The smallest absolute Gasteiger partial charge is 0.231 e. The highest BCUT2D eigenvalue weighted by Gasteiger charge is 2.10. The molecule has 0 aromatic carbocycles. The summed E-state index contributed by atoms with van der Waals surface area (Å²) < 4.78 is 0. The zero-order valence-corrected chi connectivity index (χ0v) is 11.6. The number of H-pyrrole nitrogens is 1. The van der Waals surface area contributed by atoms with Crippen LogP contribution in [0.3, 0.4) is 0 Å². The molecule has 2 N–H and O–H groups in total. The predicted octanol–water partition coefficient (Wildman–Crippen LogP) is 1.71. The van der Waals surface area contributed by atoms with Crippen molar-refractivity contribution >= 4 is 23.5 Å². The molecule has 0 amide bonds. The average Bonchev–Trinajstić information content (AvgIpc) is 2.90. The second-order valence-corrected chi connectivity index (χ2v) is 4.17. The lowest BCUT2D eigenvalue weighted by Gasteiger charge is -2.18. The zero-order valence-electron chi connectivity index (χ0n) is 10.9. The first kappa shape index (κ1) is 13.5. The number of nitrogens with zero attached hydrogens (tertiary/aromatic N) is 5. The maximum atomic E-state index is 5.92. The minimum Gasteiger partial charge on any atom is -0.348 e. The lowest BCUT2D eigenvalue weighted by molar-refractivity contribution is 0.810. The molecular formula is C11H16ClN7. The van der Waals surface area contributed by atoms with Crippen LogP contribution in [0, 0.1) is 0 Å². The van der Waals surface area contributed by atoms with Crippen molar-refractivity contribution < 1.29 is 0 Å². The second-order valence-electron chi connectivity index (χ2n) is 3.83. The van der Waals surface area contributed by atoms with Crippen LogP contribution in [0.1, 0.15) is 19.5 Å². The normalized spacial score (nSPS) is 10.5. The summed E-state index contributed by atoms with van der Waals surface area (Å²) in [5.74, 6) is 1.04. The standard InChI is InChI=1S/C11H16ClN7/c1-3-19(4-2)11-17-9(12)16-10(18-11)14-6-8-5-13-7-15-8/h5,7H,3-4,6H2,1-2H3,(H,13,15)(H,14,16,17,18). The van der Waals surface area contributed by atoms with Crippen molar-refractivity contribution in [2.45, 2.75) is 20.4 Å². The van der Waals surface area contributed by atoms with Crippen LogP contribution in [-0.4, -0.2) is 38.0 Å². The van der Waals surface area contributed by atoms with E-state index in [0.717, 1.165) is 18.8 Å². The van der Waals surface area contributed by atoms with E-state index in [1.54, 1.807) is 12.5 Å². The van der Waals surface area contributed by atoms with E-state index in [4.69, 9.17) is 11.6 Å². The summed E-state index contributed by atoms with van der Waals surface area (Å²) in [7, 11) is 0. The van der Waals surface area contributed by atoms with Crippen LogP contribution in [-0.2, 0) is 6.54 Å². The summed E-state index contributed by atoms with van der Waals surface area (Å²) in [6.07, 6.45) is 3.36. The molecule has 2 heterocycles. The van der Waals surface area contributed by atoms with Gasteiger partial charge in [0, 0.05) is 19.3 Å². The SMILES string of the molecule is CCN(CC)c1nc(Cl)nc(NCc2cnc[nH]2)n1. The number of rotatable bonds is 6. The number of anilines is 2. The lowest BCUT2D eigenvalue weighted by Crippen LogP contribution is -2.25. The summed E-state index contributed by atoms with van der Waals surface area (Å²) in [6.45, 7) is 6.27. The van der Waals surface area contributed by atoms with Gasteiger partial charge in [-0.3, -0.25) is 0 Å². The van der Waals surface area contributed by atoms with Crippen molar-refractivity contribution in [3.05, 3.63) is 23.5 Å². The summed E-state index contributed by atoms with van der Waals surface area (Å²) in [6, 6.07) is 0. The van der Waals surface area contributed by atoms with Crippen molar-refractivity contribution in [3.63, 3.8) is 0 Å². The minimum atomic E-state index is 0.184. The maximum absolute atomic E-state index is 5.92. The van der Waals surface area contributed by atoms with Crippen LogP contribution in [0.25, 0.3) is 0 Å². The molecule has 0 unspecified atom stereocenters. The first-order valence-electron chi connectivity index (χ1n) is 6.10. The number of halogens is 1. The molecule has 7 nitrogen and oxygen atoms in total.